The van der Waals surface area contributed by atoms with Crippen molar-refractivity contribution in [2.75, 3.05) is 18.0 Å². The van der Waals surface area contributed by atoms with Crippen LogP contribution in [0, 0.1) is 0 Å². The van der Waals surface area contributed by atoms with Gasteiger partial charge in [-0.1, -0.05) is 6.92 Å². The average Bonchev–Trinajstić information content (AvgIpc) is 2.71. The van der Waals surface area contributed by atoms with Crippen LogP contribution in [0.15, 0.2) is 12.1 Å². The van der Waals surface area contributed by atoms with Crippen LogP contribution >= 0.6 is 0 Å². The smallest absolute Gasteiger partial charge is 0.200 e. The molecule has 1 saturated heterocycles. The second-order valence-corrected chi connectivity index (χ2v) is 4.15. The zero-order valence-electron chi connectivity index (χ0n) is 8.91. The normalized spacial score (nSPS) is 18.8. The highest BCUT2D eigenvalue weighted by Crippen LogP contribution is 2.28. The molecular weight excluding hydrogens is 208 g/mol. The van der Waals surface area contributed by atoms with Gasteiger partial charge >= 0.3 is 0 Å². The molecule has 7 heteroatoms. The topological polar surface area (TPSA) is 79.4 Å². The fraction of sp³-hybridized carbons (Fsp3) is 0.556. The minimum absolute atomic E-state index is 0.558. The Balaban J connectivity index is 1.85. The van der Waals surface area contributed by atoms with Gasteiger partial charge in [-0.15, -0.1) is 14.8 Å². The van der Waals surface area contributed by atoms with Crippen molar-refractivity contribution in [1.82, 2.24) is 25.3 Å². The minimum atomic E-state index is -0.558. The first kappa shape index (κ1) is 9.46. The Hall–Kier alpha value is -1.76. The third kappa shape index (κ3) is 1.32. The van der Waals surface area contributed by atoms with E-state index in [1.165, 1.54) is 4.63 Å². The average molecular weight is 220 g/mol. The number of β-amino-alcohol motifs (C(OH)–C–C–N with tert-alkyl or cyclic N) is 1. The van der Waals surface area contributed by atoms with Crippen LogP contribution in [-0.4, -0.2) is 49.1 Å². The SMILES string of the molecule is CCC1(O)CN(c2ccc3nnnn3n2)C1. The van der Waals surface area contributed by atoms with Crippen molar-refractivity contribution in [3.63, 3.8) is 0 Å². The predicted molar refractivity (Wildman–Crippen MR) is 56.0 cm³/mol. The van der Waals surface area contributed by atoms with Crippen molar-refractivity contribution in [3.05, 3.63) is 12.1 Å². The van der Waals surface area contributed by atoms with Crippen LogP contribution in [0.2, 0.25) is 0 Å². The van der Waals surface area contributed by atoms with Gasteiger partial charge in [-0.2, -0.15) is 0 Å². The molecule has 7 nitrogen and oxygen atoms in total. The summed E-state index contributed by atoms with van der Waals surface area (Å²) in [5.41, 5.74) is 0.0621. The predicted octanol–water partition coefficient (Wildman–Crippen LogP) is -0.520. The summed E-state index contributed by atoms with van der Waals surface area (Å²) in [5, 5.41) is 25.2. The van der Waals surface area contributed by atoms with Crippen LogP contribution in [0.5, 0.6) is 0 Å². The Morgan fingerprint density at radius 1 is 1.44 bits per heavy atom. The summed E-state index contributed by atoms with van der Waals surface area (Å²) in [6.07, 6.45) is 0.761. The Bertz CT molecular complexity index is 517. The van der Waals surface area contributed by atoms with Crippen molar-refractivity contribution in [3.8, 4) is 0 Å². The zero-order valence-corrected chi connectivity index (χ0v) is 8.91. The highest BCUT2D eigenvalue weighted by atomic mass is 16.3. The number of fused-ring (bicyclic) bond motifs is 1. The van der Waals surface area contributed by atoms with Gasteiger partial charge in [0, 0.05) is 0 Å². The van der Waals surface area contributed by atoms with Gasteiger partial charge < -0.3 is 10.0 Å². The lowest BCUT2D eigenvalue weighted by Gasteiger charge is -2.46. The monoisotopic (exact) mass is 220 g/mol. The molecule has 0 aliphatic carbocycles. The largest absolute Gasteiger partial charge is 0.386 e. The molecule has 0 amide bonds. The van der Waals surface area contributed by atoms with E-state index in [1.54, 1.807) is 0 Å². The highest BCUT2D eigenvalue weighted by Gasteiger charge is 2.40. The lowest BCUT2D eigenvalue weighted by atomic mass is 9.91. The van der Waals surface area contributed by atoms with Crippen molar-refractivity contribution in [2.24, 2.45) is 0 Å². The van der Waals surface area contributed by atoms with E-state index < -0.39 is 5.60 Å². The molecule has 84 valence electrons. The first-order valence-electron chi connectivity index (χ1n) is 5.23. The molecule has 0 unspecified atom stereocenters. The Morgan fingerprint density at radius 3 is 3.00 bits per heavy atom. The molecule has 0 radical (unpaired) electrons. The number of hydrogen-bond acceptors (Lipinski definition) is 6. The number of hydrogen-bond donors (Lipinski definition) is 1. The molecule has 2 aromatic heterocycles. The molecule has 0 atom stereocenters. The van der Waals surface area contributed by atoms with Crippen LogP contribution in [-0.2, 0) is 0 Å². The van der Waals surface area contributed by atoms with Crippen molar-refractivity contribution < 1.29 is 5.11 Å². The summed E-state index contributed by atoms with van der Waals surface area (Å²) >= 11 is 0. The zero-order chi connectivity index (χ0) is 11.2. The first-order chi connectivity index (χ1) is 7.70. The quantitative estimate of drug-likeness (QED) is 0.733. The Morgan fingerprint density at radius 2 is 2.25 bits per heavy atom. The van der Waals surface area contributed by atoms with Gasteiger partial charge in [0.2, 0.25) is 0 Å². The molecule has 0 spiro atoms. The van der Waals surface area contributed by atoms with Crippen molar-refractivity contribution in [1.29, 1.82) is 0 Å². The Labute approximate surface area is 91.7 Å². The van der Waals surface area contributed by atoms with E-state index in [9.17, 15) is 5.11 Å². The molecule has 1 N–H and O–H groups in total. The molecule has 1 fully saturated rings. The van der Waals surface area contributed by atoms with E-state index in [0.29, 0.717) is 18.7 Å². The third-order valence-corrected chi connectivity index (χ3v) is 3.01. The number of tetrazole rings is 1. The van der Waals surface area contributed by atoms with E-state index >= 15 is 0 Å². The fourth-order valence-corrected chi connectivity index (χ4v) is 1.86. The maximum absolute atomic E-state index is 9.91. The van der Waals surface area contributed by atoms with Gasteiger partial charge in [-0.3, -0.25) is 0 Å². The number of aromatic nitrogens is 5. The summed E-state index contributed by atoms with van der Waals surface area (Å²) in [4.78, 5) is 2.00. The van der Waals surface area contributed by atoms with Gasteiger partial charge in [-0.25, -0.2) is 0 Å². The lowest BCUT2D eigenvalue weighted by molar-refractivity contribution is 0.00793. The number of aliphatic hydroxyl groups is 1. The minimum Gasteiger partial charge on any atom is -0.386 e. The van der Waals surface area contributed by atoms with Gasteiger partial charge in [0.1, 0.15) is 0 Å². The van der Waals surface area contributed by atoms with Gasteiger partial charge in [0.05, 0.1) is 18.7 Å². The van der Waals surface area contributed by atoms with Crippen molar-refractivity contribution in [2.45, 2.75) is 18.9 Å². The summed E-state index contributed by atoms with van der Waals surface area (Å²) in [5.74, 6) is 0.790. The molecular formula is C9H12N6O. The molecule has 1 aliphatic heterocycles. The molecule has 2 aromatic rings. The molecule has 1 aliphatic rings. The summed E-state index contributed by atoms with van der Waals surface area (Å²) in [7, 11) is 0. The summed E-state index contributed by atoms with van der Waals surface area (Å²) in [6.45, 7) is 3.21. The van der Waals surface area contributed by atoms with Crippen LogP contribution in [0.3, 0.4) is 0 Å². The summed E-state index contributed by atoms with van der Waals surface area (Å²) < 4.78 is 1.39. The lowest BCUT2D eigenvalue weighted by Crippen LogP contribution is -2.61. The van der Waals surface area contributed by atoms with E-state index in [4.69, 9.17) is 0 Å². The standard InChI is InChI=1S/C9H12N6O/c1-2-9(16)5-14(6-9)8-4-3-7-10-12-13-15(7)11-8/h3-4,16H,2,5-6H2,1H3. The maximum Gasteiger partial charge on any atom is 0.200 e. The second-order valence-electron chi connectivity index (χ2n) is 4.15. The van der Waals surface area contributed by atoms with Crippen LogP contribution in [0.25, 0.3) is 5.65 Å². The molecule has 16 heavy (non-hydrogen) atoms. The second kappa shape index (κ2) is 3.11. The number of anilines is 1. The molecule has 0 aromatic carbocycles. The first-order valence-corrected chi connectivity index (χ1v) is 5.23. The summed E-state index contributed by atoms with van der Waals surface area (Å²) in [6, 6.07) is 3.67. The number of nitrogens with zero attached hydrogens (tertiary/aromatic N) is 6. The van der Waals surface area contributed by atoms with Gasteiger partial charge in [0.15, 0.2) is 11.5 Å². The van der Waals surface area contributed by atoms with Crippen LogP contribution < -0.4 is 4.90 Å². The van der Waals surface area contributed by atoms with E-state index in [2.05, 4.69) is 20.6 Å². The van der Waals surface area contributed by atoms with Crippen LogP contribution in [0.1, 0.15) is 13.3 Å². The molecule has 0 bridgehead atoms. The van der Waals surface area contributed by atoms with Crippen LogP contribution in [0.4, 0.5) is 5.82 Å². The van der Waals surface area contributed by atoms with Gasteiger partial charge in [-0.05, 0) is 29.0 Å². The molecule has 3 heterocycles. The highest BCUT2D eigenvalue weighted by molar-refractivity contribution is 5.47. The van der Waals surface area contributed by atoms with E-state index in [0.717, 1.165) is 12.2 Å². The molecule has 0 saturated carbocycles. The van der Waals surface area contributed by atoms with Crippen molar-refractivity contribution >= 4 is 11.5 Å². The Kier molecular flexibility index (Phi) is 1.84. The maximum atomic E-state index is 9.91. The van der Waals surface area contributed by atoms with E-state index in [-0.39, 0.29) is 0 Å². The number of rotatable bonds is 2. The fourth-order valence-electron chi connectivity index (χ4n) is 1.86. The van der Waals surface area contributed by atoms with E-state index in [1.807, 2.05) is 24.0 Å². The molecule has 3 rings (SSSR count). The van der Waals surface area contributed by atoms with Gasteiger partial charge in [0.25, 0.3) is 0 Å². The third-order valence-electron chi connectivity index (χ3n) is 3.01.